The highest BCUT2D eigenvalue weighted by Gasteiger charge is 2.16. The second kappa shape index (κ2) is 7.41. The summed E-state index contributed by atoms with van der Waals surface area (Å²) in [6, 6.07) is 8.38. The van der Waals surface area contributed by atoms with Crippen molar-refractivity contribution in [3.8, 4) is 11.4 Å². The monoisotopic (exact) mass is 331 g/mol. The SMILES string of the molecule is Cc1ccccc1-c1nn(C[NH+]2CCCCCCC2)c(=S)n1C. The summed E-state index contributed by atoms with van der Waals surface area (Å²) < 4.78 is 4.88. The van der Waals surface area contributed by atoms with Crippen molar-refractivity contribution >= 4 is 12.2 Å². The first kappa shape index (κ1) is 16.4. The number of rotatable bonds is 3. The van der Waals surface area contributed by atoms with Crippen LogP contribution in [-0.4, -0.2) is 27.4 Å². The first-order valence-electron chi connectivity index (χ1n) is 8.70. The Kier molecular flexibility index (Phi) is 5.28. The molecule has 0 atom stereocenters. The average Bonchev–Trinajstić information content (AvgIpc) is 2.79. The first-order chi connectivity index (χ1) is 11.2. The van der Waals surface area contributed by atoms with Crippen LogP contribution >= 0.6 is 12.2 Å². The Hall–Kier alpha value is -1.46. The maximum Gasteiger partial charge on any atom is 0.202 e. The summed E-state index contributed by atoms with van der Waals surface area (Å²) in [6.45, 7) is 5.48. The van der Waals surface area contributed by atoms with E-state index in [9.17, 15) is 0 Å². The molecule has 4 nitrogen and oxygen atoms in total. The number of quaternary nitrogens is 1. The fourth-order valence-corrected chi connectivity index (χ4v) is 3.62. The lowest BCUT2D eigenvalue weighted by atomic mass is 10.1. The van der Waals surface area contributed by atoms with E-state index in [1.54, 1.807) is 4.90 Å². The fraction of sp³-hybridized carbons (Fsp3) is 0.556. The summed E-state index contributed by atoms with van der Waals surface area (Å²) in [7, 11) is 2.02. The third-order valence-corrected chi connectivity index (χ3v) is 5.35. The van der Waals surface area contributed by atoms with Gasteiger partial charge in [-0.15, -0.1) is 5.10 Å². The molecule has 1 aromatic heterocycles. The van der Waals surface area contributed by atoms with Gasteiger partial charge in [0.05, 0.1) is 13.1 Å². The first-order valence-corrected chi connectivity index (χ1v) is 9.11. The lowest BCUT2D eigenvalue weighted by Crippen LogP contribution is -3.11. The second-order valence-corrected chi connectivity index (χ2v) is 7.02. The van der Waals surface area contributed by atoms with Gasteiger partial charge >= 0.3 is 0 Å². The summed E-state index contributed by atoms with van der Waals surface area (Å²) in [4.78, 5) is 1.61. The third-order valence-electron chi connectivity index (χ3n) is 4.86. The van der Waals surface area contributed by atoms with Crippen LogP contribution in [0, 0.1) is 11.7 Å². The van der Waals surface area contributed by atoms with E-state index < -0.39 is 0 Å². The Morgan fingerprint density at radius 3 is 2.43 bits per heavy atom. The van der Waals surface area contributed by atoms with E-state index in [4.69, 9.17) is 17.3 Å². The largest absolute Gasteiger partial charge is 0.316 e. The molecule has 2 aromatic rings. The van der Waals surface area contributed by atoms with Gasteiger partial charge in [0.1, 0.15) is 0 Å². The molecule has 3 rings (SSSR count). The molecule has 1 aliphatic rings. The van der Waals surface area contributed by atoms with Crippen molar-refractivity contribution in [3.63, 3.8) is 0 Å². The van der Waals surface area contributed by atoms with Gasteiger partial charge in [-0.05, 0) is 50.4 Å². The molecule has 0 spiro atoms. The molecular weight excluding hydrogens is 304 g/mol. The quantitative estimate of drug-likeness (QED) is 0.876. The lowest BCUT2D eigenvalue weighted by Gasteiger charge is -2.21. The zero-order valence-corrected chi connectivity index (χ0v) is 15.0. The predicted molar refractivity (Wildman–Crippen MR) is 96.0 cm³/mol. The molecule has 1 aliphatic heterocycles. The molecule has 0 bridgehead atoms. The molecule has 124 valence electrons. The van der Waals surface area contributed by atoms with Crippen molar-refractivity contribution in [2.45, 2.75) is 45.7 Å². The van der Waals surface area contributed by atoms with Crippen LogP contribution in [0.4, 0.5) is 0 Å². The highest BCUT2D eigenvalue weighted by atomic mass is 32.1. The zero-order valence-electron chi connectivity index (χ0n) is 14.2. The molecule has 1 aromatic carbocycles. The number of benzene rings is 1. The van der Waals surface area contributed by atoms with E-state index in [2.05, 4.69) is 31.2 Å². The summed E-state index contributed by atoms with van der Waals surface area (Å²) in [5.41, 5.74) is 2.41. The minimum atomic E-state index is 0.817. The number of aromatic nitrogens is 3. The van der Waals surface area contributed by atoms with E-state index in [1.165, 1.54) is 56.3 Å². The van der Waals surface area contributed by atoms with Gasteiger partial charge in [-0.2, -0.15) is 4.68 Å². The molecular formula is C18H27N4S+. The second-order valence-electron chi connectivity index (χ2n) is 6.66. The van der Waals surface area contributed by atoms with Gasteiger partial charge in [0.25, 0.3) is 0 Å². The Balaban J connectivity index is 1.85. The average molecular weight is 332 g/mol. The minimum Gasteiger partial charge on any atom is -0.316 e. The Morgan fingerprint density at radius 2 is 1.74 bits per heavy atom. The van der Waals surface area contributed by atoms with E-state index in [-0.39, 0.29) is 0 Å². The topological polar surface area (TPSA) is 27.2 Å². The summed E-state index contributed by atoms with van der Waals surface area (Å²) in [6.07, 6.45) is 6.77. The van der Waals surface area contributed by atoms with Crippen LogP contribution in [0.25, 0.3) is 11.4 Å². The molecule has 0 aliphatic carbocycles. The van der Waals surface area contributed by atoms with Crippen LogP contribution in [0.1, 0.15) is 37.7 Å². The van der Waals surface area contributed by atoms with Gasteiger partial charge in [-0.1, -0.05) is 30.7 Å². The van der Waals surface area contributed by atoms with Crippen molar-refractivity contribution in [1.29, 1.82) is 0 Å². The number of aryl methyl sites for hydroxylation is 1. The molecule has 5 heteroatoms. The molecule has 0 unspecified atom stereocenters. The summed E-state index contributed by atoms with van der Waals surface area (Å²) >= 11 is 5.64. The lowest BCUT2D eigenvalue weighted by molar-refractivity contribution is -0.924. The van der Waals surface area contributed by atoms with Crippen LogP contribution in [0.5, 0.6) is 0 Å². The fourth-order valence-electron chi connectivity index (χ4n) is 3.42. The Labute approximate surface area is 143 Å². The van der Waals surface area contributed by atoms with E-state index in [1.807, 2.05) is 16.3 Å². The minimum absolute atomic E-state index is 0.817. The van der Waals surface area contributed by atoms with Crippen LogP contribution in [0.2, 0.25) is 0 Å². The Bertz CT molecular complexity index is 708. The third kappa shape index (κ3) is 3.72. The van der Waals surface area contributed by atoms with Crippen LogP contribution in [-0.2, 0) is 13.7 Å². The smallest absolute Gasteiger partial charge is 0.202 e. The number of likely N-dealkylation sites (tertiary alicyclic amines) is 1. The molecule has 1 saturated heterocycles. The zero-order chi connectivity index (χ0) is 16.2. The van der Waals surface area contributed by atoms with Crippen molar-refractivity contribution < 1.29 is 4.90 Å². The molecule has 0 radical (unpaired) electrons. The molecule has 1 fully saturated rings. The number of hydrogen-bond acceptors (Lipinski definition) is 2. The molecule has 23 heavy (non-hydrogen) atoms. The maximum atomic E-state index is 5.64. The number of nitrogens with one attached hydrogen (secondary N) is 1. The molecule has 1 N–H and O–H groups in total. The standard InChI is InChI=1S/C18H26N4S/c1-15-10-6-7-11-16(15)17-19-22(18(23)20(17)2)14-21-12-8-4-3-5-9-13-21/h6-7,10-11H,3-5,8-9,12-14H2,1-2H3/p+1. The van der Waals surface area contributed by atoms with E-state index >= 15 is 0 Å². The highest BCUT2D eigenvalue weighted by Crippen LogP contribution is 2.20. The Morgan fingerprint density at radius 1 is 1.09 bits per heavy atom. The summed E-state index contributed by atoms with van der Waals surface area (Å²) in [5.74, 6) is 0.972. The van der Waals surface area contributed by atoms with Gasteiger partial charge < -0.3 is 9.47 Å². The summed E-state index contributed by atoms with van der Waals surface area (Å²) in [5, 5.41) is 4.84. The van der Waals surface area contributed by atoms with E-state index in [0.29, 0.717) is 0 Å². The van der Waals surface area contributed by atoms with Crippen molar-refractivity contribution in [2.75, 3.05) is 13.1 Å². The van der Waals surface area contributed by atoms with Gasteiger partial charge in [0, 0.05) is 12.6 Å². The molecule has 2 heterocycles. The number of nitrogens with zero attached hydrogens (tertiary/aromatic N) is 3. The van der Waals surface area contributed by atoms with Gasteiger partial charge in [-0.3, -0.25) is 0 Å². The predicted octanol–water partition coefficient (Wildman–Crippen LogP) is 2.73. The molecule has 0 saturated carbocycles. The van der Waals surface area contributed by atoms with E-state index in [0.717, 1.165) is 17.3 Å². The van der Waals surface area contributed by atoms with Crippen LogP contribution in [0.3, 0.4) is 0 Å². The van der Waals surface area contributed by atoms with Crippen LogP contribution < -0.4 is 4.90 Å². The highest BCUT2D eigenvalue weighted by molar-refractivity contribution is 7.71. The normalized spacial score (nSPS) is 17.0. The van der Waals surface area contributed by atoms with Crippen molar-refractivity contribution in [3.05, 3.63) is 34.6 Å². The molecule has 0 amide bonds. The van der Waals surface area contributed by atoms with Crippen molar-refractivity contribution in [2.24, 2.45) is 7.05 Å². The maximum absolute atomic E-state index is 5.64. The van der Waals surface area contributed by atoms with Crippen LogP contribution in [0.15, 0.2) is 24.3 Å². The van der Waals surface area contributed by atoms with Crippen molar-refractivity contribution in [1.82, 2.24) is 14.3 Å². The van der Waals surface area contributed by atoms with Gasteiger partial charge in [0.2, 0.25) is 4.77 Å². The van der Waals surface area contributed by atoms with Gasteiger partial charge in [0.15, 0.2) is 12.5 Å². The number of hydrogen-bond donors (Lipinski definition) is 1. The van der Waals surface area contributed by atoms with Gasteiger partial charge in [-0.25, -0.2) is 0 Å².